The van der Waals surface area contributed by atoms with Gasteiger partial charge in [0.05, 0.1) is 17.7 Å². The minimum atomic E-state index is -4.20. The lowest BCUT2D eigenvalue weighted by atomic mass is 9.95. The standard InChI is InChI=1S/C33H40BrN3O5S/c1-23-13-16-29(17-14-23)43(40,41)37(30-19-24(2)15-18-31(30)42-4)22-32(38)36(21-26-9-8-10-27(34)20-26)25(3)33(39)35-28-11-6-5-7-12-28/h8-10,13-20,25,28H,5-7,11-12,21-22H2,1-4H3,(H,35,39)/t25-/m0/s1. The zero-order chi connectivity index (χ0) is 31.1. The number of benzene rings is 3. The summed E-state index contributed by atoms with van der Waals surface area (Å²) >= 11 is 3.49. The van der Waals surface area contributed by atoms with E-state index in [0.717, 1.165) is 57.6 Å². The monoisotopic (exact) mass is 669 g/mol. The summed E-state index contributed by atoms with van der Waals surface area (Å²) in [6.45, 7) is 5.02. The van der Waals surface area contributed by atoms with Crippen LogP contribution in [0.1, 0.15) is 55.7 Å². The molecule has 1 fully saturated rings. The third-order valence-corrected chi connectivity index (χ3v) is 10.1. The van der Waals surface area contributed by atoms with Gasteiger partial charge in [-0.3, -0.25) is 13.9 Å². The molecule has 230 valence electrons. The smallest absolute Gasteiger partial charge is 0.264 e. The number of amides is 2. The van der Waals surface area contributed by atoms with Crippen molar-refractivity contribution in [1.82, 2.24) is 10.2 Å². The molecule has 4 rings (SSSR count). The van der Waals surface area contributed by atoms with E-state index in [-0.39, 0.29) is 29.1 Å². The number of rotatable bonds is 11. The van der Waals surface area contributed by atoms with Crippen LogP contribution < -0.4 is 14.4 Å². The van der Waals surface area contributed by atoms with Crippen molar-refractivity contribution in [2.75, 3.05) is 18.0 Å². The Morgan fingerprint density at radius 3 is 2.30 bits per heavy atom. The molecule has 0 bridgehead atoms. The number of nitrogens with one attached hydrogen (secondary N) is 1. The quantitative estimate of drug-likeness (QED) is 0.265. The molecule has 1 aliphatic carbocycles. The van der Waals surface area contributed by atoms with Crippen LogP contribution in [0.5, 0.6) is 5.75 Å². The SMILES string of the molecule is COc1ccc(C)cc1N(CC(=O)N(Cc1cccc(Br)c1)[C@@H](C)C(=O)NC1CCCCC1)S(=O)(=O)c1ccc(C)cc1. The summed E-state index contributed by atoms with van der Waals surface area (Å²) in [7, 11) is -2.74. The summed E-state index contributed by atoms with van der Waals surface area (Å²) in [6.07, 6.45) is 5.10. The van der Waals surface area contributed by atoms with Crippen molar-refractivity contribution in [2.24, 2.45) is 0 Å². The highest BCUT2D eigenvalue weighted by atomic mass is 79.9. The van der Waals surface area contributed by atoms with Gasteiger partial charge < -0.3 is 15.0 Å². The van der Waals surface area contributed by atoms with Gasteiger partial charge in [0, 0.05) is 17.1 Å². The van der Waals surface area contributed by atoms with Crippen molar-refractivity contribution in [2.45, 2.75) is 76.4 Å². The second-order valence-electron chi connectivity index (χ2n) is 11.2. The average molecular weight is 671 g/mol. The van der Waals surface area contributed by atoms with Gasteiger partial charge in [-0.2, -0.15) is 0 Å². The lowest BCUT2D eigenvalue weighted by Crippen LogP contribution is -2.53. The van der Waals surface area contributed by atoms with E-state index in [1.54, 1.807) is 31.2 Å². The zero-order valence-corrected chi connectivity index (χ0v) is 27.6. The molecule has 0 unspecified atom stereocenters. The Morgan fingerprint density at radius 2 is 1.65 bits per heavy atom. The fourth-order valence-electron chi connectivity index (χ4n) is 5.33. The van der Waals surface area contributed by atoms with Gasteiger partial charge in [-0.1, -0.05) is 71.1 Å². The van der Waals surface area contributed by atoms with Crippen molar-refractivity contribution < 1.29 is 22.7 Å². The molecule has 10 heteroatoms. The molecule has 1 aliphatic rings. The third kappa shape index (κ3) is 8.17. The number of ether oxygens (including phenoxy) is 1. The molecule has 0 aliphatic heterocycles. The number of anilines is 1. The highest BCUT2D eigenvalue weighted by Crippen LogP contribution is 2.34. The molecule has 3 aromatic rings. The lowest BCUT2D eigenvalue weighted by molar-refractivity contribution is -0.139. The van der Waals surface area contributed by atoms with Crippen LogP contribution in [-0.2, 0) is 26.2 Å². The number of methoxy groups -OCH3 is 1. The first-order valence-corrected chi connectivity index (χ1v) is 16.8. The van der Waals surface area contributed by atoms with E-state index >= 15 is 0 Å². The molecule has 0 spiro atoms. The summed E-state index contributed by atoms with van der Waals surface area (Å²) in [5.41, 5.74) is 2.77. The number of carbonyl (C=O) groups is 2. The average Bonchev–Trinajstić information content (AvgIpc) is 2.99. The van der Waals surface area contributed by atoms with Gasteiger partial charge in [0.2, 0.25) is 11.8 Å². The van der Waals surface area contributed by atoms with Crippen LogP contribution in [0.25, 0.3) is 0 Å². The summed E-state index contributed by atoms with van der Waals surface area (Å²) in [5, 5.41) is 3.13. The van der Waals surface area contributed by atoms with E-state index in [0.29, 0.717) is 5.75 Å². The normalized spacial score (nSPS) is 14.5. The summed E-state index contributed by atoms with van der Waals surface area (Å²) in [4.78, 5) is 29.3. The number of hydrogen-bond acceptors (Lipinski definition) is 5. The summed E-state index contributed by atoms with van der Waals surface area (Å²) in [6, 6.07) is 18.4. The van der Waals surface area contributed by atoms with Gasteiger partial charge in [-0.05, 0) is 81.1 Å². The van der Waals surface area contributed by atoms with Gasteiger partial charge >= 0.3 is 0 Å². The molecule has 0 aromatic heterocycles. The maximum Gasteiger partial charge on any atom is 0.264 e. The number of halogens is 1. The van der Waals surface area contributed by atoms with Gasteiger partial charge in [-0.15, -0.1) is 0 Å². The van der Waals surface area contributed by atoms with E-state index in [1.807, 2.05) is 44.2 Å². The molecule has 1 saturated carbocycles. The maximum atomic E-state index is 14.3. The van der Waals surface area contributed by atoms with Crippen molar-refractivity contribution in [3.8, 4) is 5.75 Å². The van der Waals surface area contributed by atoms with Crippen molar-refractivity contribution in [1.29, 1.82) is 0 Å². The van der Waals surface area contributed by atoms with Gasteiger partial charge in [0.15, 0.2) is 0 Å². The number of sulfonamides is 1. The number of hydrogen-bond donors (Lipinski definition) is 1. The second-order valence-corrected chi connectivity index (χ2v) is 13.9. The molecular weight excluding hydrogens is 630 g/mol. The van der Waals surface area contributed by atoms with Crippen molar-refractivity contribution in [3.05, 3.63) is 87.9 Å². The first kappa shape index (κ1) is 32.5. The molecule has 1 N–H and O–H groups in total. The third-order valence-electron chi connectivity index (χ3n) is 7.85. The summed E-state index contributed by atoms with van der Waals surface area (Å²) in [5.74, 6) is -0.447. The Hall–Kier alpha value is -3.37. The number of nitrogens with zero attached hydrogens (tertiary/aromatic N) is 2. The van der Waals surface area contributed by atoms with Crippen LogP contribution in [0.3, 0.4) is 0 Å². The predicted molar refractivity (Wildman–Crippen MR) is 173 cm³/mol. The summed E-state index contributed by atoms with van der Waals surface area (Å²) < 4.78 is 35.8. The minimum absolute atomic E-state index is 0.0519. The van der Waals surface area contributed by atoms with Crippen LogP contribution >= 0.6 is 15.9 Å². The Bertz CT molecular complexity index is 1540. The molecule has 0 radical (unpaired) electrons. The fraction of sp³-hybridized carbons (Fsp3) is 0.394. The molecule has 0 saturated heterocycles. The zero-order valence-electron chi connectivity index (χ0n) is 25.2. The van der Waals surface area contributed by atoms with Crippen molar-refractivity contribution in [3.63, 3.8) is 0 Å². The van der Waals surface area contributed by atoms with Crippen LogP contribution in [0.4, 0.5) is 5.69 Å². The second kappa shape index (κ2) is 14.4. The molecule has 1 atom stereocenters. The molecule has 2 amide bonds. The van der Waals surface area contributed by atoms with Crippen LogP contribution in [0.15, 0.2) is 76.1 Å². The van der Waals surface area contributed by atoms with Gasteiger partial charge in [0.1, 0.15) is 18.3 Å². The van der Waals surface area contributed by atoms with Crippen molar-refractivity contribution >= 4 is 43.5 Å². The fourth-order valence-corrected chi connectivity index (χ4v) is 7.19. The van der Waals surface area contributed by atoms with E-state index < -0.39 is 28.5 Å². The molecular formula is C33H40BrN3O5S. The van der Waals surface area contributed by atoms with E-state index in [4.69, 9.17) is 4.74 Å². The van der Waals surface area contributed by atoms with E-state index in [9.17, 15) is 18.0 Å². The first-order chi connectivity index (χ1) is 20.5. The Balaban J connectivity index is 1.73. The largest absolute Gasteiger partial charge is 0.495 e. The van der Waals surface area contributed by atoms with Gasteiger partial charge in [0.25, 0.3) is 10.0 Å². The molecule has 3 aromatic carbocycles. The highest BCUT2D eigenvalue weighted by molar-refractivity contribution is 9.10. The first-order valence-electron chi connectivity index (χ1n) is 14.6. The van der Waals surface area contributed by atoms with Crippen LogP contribution in [-0.4, -0.2) is 50.9 Å². The van der Waals surface area contributed by atoms with Gasteiger partial charge in [-0.25, -0.2) is 8.42 Å². The Morgan fingerprint density at radius 1 is 0.977 bits per heavy atom. The van der Waals surface area contributed by atoms with Crippen LogP contribution in [0, 0.1) is 13.8 Å². The Kier molecular flexibility index (Phi) is 10.9. The molecule has 0 heterocycles. The Labute approximate surface area is 263 Å². The molecule has 43 heavy (non-hydrogen) atoms. The van der Waals surface area contributed by atoms with E-state index in [2.05, 4.69) is 21.2 Å². The van der Waals surface area contributed by atoms with E-state index in [1.165, 1.54) is 24.1 Å². The predicted octanol–water partition coefficient (Wildman–Crippen LogP) is 6.14. The minimum Gasteiger partial charge on any atom is -0.495 e. The molecule has 8 nitrogen and oxygen atoms in total. The lowest BCUT2D eigenvalue weighted by Gasteiger charge is -2.33. The highest BCUT2D eigenvalue weighted by Gasteiger charge is 2.34. The number of aryl methyl sites for hydroxylation is 2. The maximum absolute atomic E-state index is 14.3. The topological polar surface area (TPSA) is 96.0 Å². The van der Waals surface area contributed by atoms with Crippen LogP contribution in [0.2, 0.25) is 0 Å². The number of carbonyl (C=O) groups excluding carboxylic acids is 2.